The number of hydrogen-bond donors (Lipinski definition) is 0. The van der Waals surface area contributed by atoms with Crippen molar-refractivity contribution in [1.82, 2.24) is 0 Å². The van der Waals surface area contributed by atoms with Crippen LogP contribution >= 0.6 is 9.47 Å². The number of benzene rings is 1. The summed E-state index contributed by atoms with van der Waals surface area (Å²) in [5.41, 5.74) is 0.864. The molecule has 1 unspecified atom stereocenters. The summed E-state index contributed by atoms with van der Waals surface area (Å²) < 4.78 is 26.5. The lowest BCUT2D eigenvalue weighted by atomic mass is 10.2. The molecular formula is C8H9O3PS. The Hall–Kier alpha value is -0.700. The molecule has 0 saturated heterocycles. The molecule has 70 valence electrons. The SMILES string of the molecule is C=Cc1ccc(S(=O)(=O)OP)cc1. The Bertz CT molecular complexity index is 394. The molecule has 5 heteroatoms. The summed E-state index contributed by atoms with van der Waals surface area (Å²) in [6.07, 6.45) is 1.64. The first-order valence-electron chi connectivity index (χ1n) is 3.46. The van der Waals surface area contributed by atoms with Crippen molar-refractivity contribution in [1.29, 1.82) is 0 Å². The van der Waals surface area contributed by atoms with Gasteiger partial charge in [-0.25, -0.2) is 0 Å². The van der Waals surface area contributed by atoms with Gasteiger partial charge in [0.2, 0.25) is 0 Å². The van der Waals surface area contributed by atoms with Gasteiger partial charge < -0.3 is 0 Å². The van der Waals surface area contributed by atoms with Crippen LogP contribution in [-0.2, 0) is 14.1 Å². The van der Waals surface area contributed by atoms with Crippen LogP contribution in [0.1, 0.15) is 5.56 Å². The Labute approximate surface area is 79.8 Å². The molecule has 0 spiro atoms. The molecule has 0 saturated carbocycles. The summed E-state index contributed by atoms with van der Waals surface area (Å²) in [6.45, 7) is 3.56. The van der Waals surface area contributed by atoms with Crippen molar-refractivity contribution >= 4 is 25.7 Å². The van der Waals surface area contributed by atoms with Crippen LogP contribution < -0.4 is 0 Å². The fourth-order valence-electron chi connectivity index (χ4n) is 0.826. The van der Waals surface area contributed by atoms with Crippen molar-refractivity contribution in [3.63, 3.8) is 0 Å². The Morgan fingerprint density at radius 1 is 1.31 bits per heavy atom. The highest BCUT2D eigenvalue weighted by Crippen LogP contribution is 2.15. The molecule has 0 radical (unpaired) electrons. The molecule has 0 heterocycles. The van der Waals surface area contributed by atoms with E-state index in [0.29, 0.717) is 0 Å². The van der Waals surface area contributed by atoms with E-state index >= 15 is 0 Å². The first-order chi connectivity index (χ1) is 6.10. The highest BCUT2D eigenvalue weighted by atomic mass is 32.2. The molecule has 0 aliphatic carbocycles. The summed E-state index contributed by atoms with van der Waals surface area (Å²) in [7, 11) is -1.88. The van der Waals surface area contributed by atoms with Crippen LogP contribution in [0.15, 0.2) is 35.7 Å². The van der Waals surface area contributed by atoms with E-state index in [9.17, 15) is 8.42 Å². The first kappa shape index (κ1) is 10.4. The molecule has 0 fully saturated rings. The molecule has 0 aromatic heterocycles. The molecule has 13 heavy (non-hydrogen) atoms. The normalized spacial score (nSPS) is 11.2. The molecule has 0 bridgehead atoms. The topological polar surface area (TPSA) is 43.4 Å². The van der Waals surface area contributed by atoms with Gasteiger partial charge in [-0.2, -0.15) is 8.42 Å². The van der Waals surface area contributed by atoms with Crippen molar-refractivity contribution in [3.05, 3.63) is 36.4 Å². The van der Waals surface area contributed by atoms with Crippen LogP contribution in [0, 0.1) is 0 Å². The van der Waals surface area contributed by atoms with Gasteiger partial charge in [-0.15, -0.1) is 0 Å². The maximum Gasteiger partial charge on any atom is 0.299 e. The second kappa shape index (κ2) is 4.01. The van der Waals surface area contributed by atoms with Gasteiger partial charge in [-0.3, -0.25) is 3.97 Å². The van der Waals surface area contributed by atoms with Gasteiger partial charge in [0.05, 0.1) is 4.90 Å². The van der Waals surface area contributed by atoms with E-state index in [1.165, 1.54) is 12.1 Å². The van der Waals surface area contributed by atoms with E-state index in [1.807, 2.05) is 0 Å². The minimum absolute atomic E-state index is 0.133. The first-order valence-corrected chi connectivity index (χ1v) is 5.34. The van der Waals surface area contributed by atoms with Gasteiger partial charge in [0.15, 0.2) is 0 Å². The second-order valence-corrected chi connectivity index (χ2v) is 4.47. The van der Waals surface area contributed by atoms with Crippen molar-refractivity contribution in [2.45, 2.75) is 4.90 Å². The predicted molar refractivity (Wildman–Crippen MR) is 54.5 cm³/mol. The quantitative estimate of drug-likeness (QED) is 0.724. The van der Waals surface area contributed by atoms with Crippen LogP contribution in [0.5, 0.6) is 0 Å². The van der Waals surface area contributed by atoms with Crippen LogP contribution in [0.4, 0.5) is 0 Å². The van der Waals surface area contributed by atoms with E-state index in [4.69, 9.17) is 0 Å². The van der Waals surface area contributed by atoms with Gasteiger partial charge in [0.25, 0.3) is 10.1 Å². The van der Waals surface area contributed by atoms with E-state index in [-0.39, 0.29) is 4.90 Å². The molecule has 1 rings (SSSR count). The third-order valence-electron chi connectivity index (χ3n) is 1.53. The van der Waals surface area contributed by atoms with Gasteiger partial charge in [0, 0.05) is 9.47 Å². The molecular weight excluding hydrogens is 207 g/mol. The number of hydrogen-bond acceptors (Lipinski definition) is 3. The van der Waals surface area contributed by atoms with Crippen LogP contribution in [0.2, 0.25) is 0 Å². The van der Waals surface area contributed by atoms with Crippen LogP contribution in [0.3, 0.4) is 0 Å². The largest absolute Gasteiger partial charge is 0.299 e. The van der Waals surface area contributed by atoms with Crippen molar-refractivity contribution in [2.24, 2.45) is 0 Å². The molecule has 1 aromatic rings. The summed E-state index contributed by atoms with van der Waals surface area (Å²) in [5, 5.41) is 0. The molecule has 3 nitrogen and oxygen atoms in total. The summed E-state index contributed by atoms with van der Waals surface area (Å²) in [5.74, 6) is 0. The zero-order valence-corrected chi connectivity index (χ0v) is 8.78. The average molecular weight is 216 g/mol. The second-order valence-electron chi connectivity index (χ2n) is 2.32. The highest BCUT2D eigenvalue weighted by Gasteiger charge is 2.11. The molecule has 1 aromatic carbocycles. The van der Waals surface area contributed by atoms with Gasteiger partial charge in [-0.05, 0) is 17.7 Å². The zero-order chi connectivity index (χ0) is 9.90. The summed E-state index contributed by atoms with van der Waals surface area (Å²) in [6, 6.07) is 6.25. The maximum absolute atomic E-state index is 11.1. The molecule has 0 N–H and O–H groups in total. The van der Waals surface area contributed by atoms with E-state index in [2.05, 4.69) is 10.5 Å². The fourth-order valence-corrected chi connectivity index (χ4v) is 1.74. The number of rotatable bonds is 3. The Morgan fingerprint density at radius 2 is 1.85 bits per heavy atom. The lowest BCUT2D eigenvalue weighted by Gasteiger charge is -2.00. The third-order valence-corrected chi connectivity index (χ3v) is 3.39. The van der Waals surface area contributed by atoms with Gasteiger partial charge >= 0.3 is 0 Å². The van der Waals surface area contributed by atoms with Gasteiger partial charge in [-0.1, -0.05) is 24.8 Å². The fraction of sp³-hybridized carbons (Fsp3) is 0. The van der Waals surface area contributed by atoms with E-state index < -0.39 is 10.1 Å². The Kier molecular flexibility index (Phi) is 3.20. The molecule has 1 atom stereocenters. The Balaban J connectivity index is 3.13. The minimum Gasteiger partial charge on any atom is -0.251 e. The molecule has 0 aliphatic heterocycles. The van der Waals surface area contributed by atoms with Gasteiger partial charge in [0.1, 0.15) is 0 Å². The summed E-state index contributed by atoms with van der Waals surface area (Å²) >= 11 is 0. The minimum atomic E-state index is -3.59. The monoisotopic (exact) mass is 216 g/mol. The van der Waals surface area contributed by atoms with E-state index in [0.717, 1.165) is 5.56 Å². The van der Waals surface area contributed by atoms with Crippen LogP contribution in [0.25, 0.3) is 6.08 Å². The molecule has 0 amide bonds. The highest BCUT2D eigenvalue weighted by molar-refractivity contribution is 7.88. The van der Waals surface area contributed by atoms with E-state index in [1.54, 1.807) is 27.7 Å². The Morgan fingerprint density at radius 3 is 2.23 bits per heavy atom. The average Bonchev–Trinajstić information content (AvgIpc) is 2.18. The molecule has 0 aliphatic rings. The lowest BCUT2D eigenvalue weighted by molar-refractivity contribution is 0.517. The smallest absolute Gasteiger partial charge is 0.251 e. The predicted octanol–water partition coefficient (Wildman–Crippen LogP) is 1.82. The zero-order valence-electron chi connectivity index (χ0n) is 6.80. The van der Waals surface area contributed by atoms with Crippen LogP contribution in [-0.4, -0.2) is 8.42 Å². The standard InChI is InChI=1S/C8H9O3PS/c1-2-7-3-5-8(6-4-7)13(9,10)11-12/h2-6H,1,12H2. The van der Waals surface area contributed by atoms with Crippen molar-refractivity contribution < 1.29 is 12.4 Å². The maximum atomic E-state index is 11.1. The third kappa shape index (κ3) is 2.37. The van der Waals surface area contributed by atoms with Crippen molar-refractivity contribution in [3.8, 4) is 0 Å². The van der Waals surface area contributed by atoms with Crippen molar-refractivity contribution in [2.75, 3.05) is 0 Å². The summed E-state index contributed by atoms with van der Waals surface area (Å²) in [4.78, 5) is 0.133. The lowest BCUT2D eigenvalue weighted by Crippen LogP contribution is -1.98.